The van der Waals surface area contributed by atoms with Gasteiger partial charge in [-0.15, -0.1) is 11.8 Å². The highest BCUT2D eigenvalue weighted by Crippen LogP contribution is 2.49. The summed E-state index contributed by atoms with van der Waals surface area (Å²) < 4.78 is 7.21. The highest BCUT2D eigenvalue weighted by molar-refractivity contribution is 8.00. The zero-order chi connectivity index (χ0) is 26.3. The van der Waals surface area contributed by atoms with E-state index in [1.54, 1.807) is 23.8 Å². The number of hydrogen-bond donors (Lipinski definition) is 1. The summed E-state index contributed by atoms with van der Waals surface area (Å²) in [5, 5.41) is 8.09. The Labute approximate surface area is 222 Å². The molecule has 2 heterocycles. The number of methoxy groups -OCH3 is 1. The van der Waals surface area contributed by atoms with Gasteiger partial charge in [0.1, 0.15) is 18.1 Å². The Morgan fingerprint density at radius 3 is 2.46 bits per heavy atom. The van der Waals surface area contributed by atoms with Crippen LogP contribution in [0.3, 0.4) is 0 Å². The molecule has 1 saturated carbocycles. The lowest BCUT2D eigenvalue weighted by Gasteiger charge is -2.25. The Bertz CT molecular complexity index is 1320. The molecule has 2 aromatic carbocycles. The summed E-state index contributed by atoms with van der Waals surface area (Å²) in [6.45, 7) is 8.50. The van der Waals surface area contributed by atoms with E-state index in [1.807, 2.05) is 41.1 Å². The topological polar surface area (TPSA) is 76.5 Å². The number of amides is 2. The lowest BCUT2D eigenvalue weighted by Crippen LogP contribution is -2.43. The zero-order valence-electron chi connectivity index (χ0n) is 22.1. The van der Waals surface area contributed by atoms with Crippen LogP contribution in [0.15, 0.2) is 48.5 Å². The zero-order valence-corrected chi connectivity index (χ0v) is 22.9. The molecule has 5 rings (SSSR count). The van der Waals surface area contributed by atoms with E-state index in [0.717, 1.165) is 46.7 Å². The Kier molecular flexibility index (Phi) is 6.79. The van der Waals surface area contributed by atoms with Gasteiger partial charge in [-0.25, -0.2) is 4.68 Å². The molecule has 2 amide bonds. The molecule has 1 unspecified atom stereocenters. The standard InChI is InChI=1S/C29H34N4O3S/c1-18-8-6-7-9-22(18)26-25-27(29(2,3)4)31-33(20-12-14-21(36-5)15-13-20)28(25)32(24(35)17-37-26)16-23(34)30-19-10-11-19/h6-9,12-15,19,26H,10-11,16-17H2,1-5H3,(H,30,34). The summed E-state index contributed by atoms with van der Waals surface area (Å²) in [6, 6.07) is 16.2. The van der Waals surface area contributed by atoms with Gasteiger partial charge >= 0.3 is 0 Å². The quantitative estimate of drug-likeness (QED) is 0.501. The Morgan fingerprint density at radius 1 is 1.14 bits per heavy atom. The van der Waals surface area contributed by atoms with Crippen LogP contribution in [0.25, 0.3) is 5.69 Å². The molecule has 1 aliphatic heterocycles. The molecule has 37 heavy (non-hydrogen) atoms. The minimum absolute atomic E-state index is 0.0329. The predicted molar refractivity (Wildman–Crippen MR) is 148 cm³/mol. The van der Waals surface area contributed by atoms with Gasteiger partial charge in [-0.3, -0.25) is 14.5 Å². The molecule has 194 valence electrons. The van der Waals surface area contributed by atoms with Crippen molar-refractivity contribution < 1.29 is 14.3 Å². The van der Waals surface area contributed by atoms with E-state index >= 15 is 0 Å². The molecule has 7 nitrogen and oxygen atoms in total. The first-order valence-electron chi connectivity index (χ1n) is 12.7. The van der Waals surface area contributed by atoms with E-state index < -0.39 is 0 Å². The number of carbonyl (C=O) groups excluding carboxylic acids is 2. The highest BCUT2D eigenvalue weighted by Gasteiger charge is 2.40. The third-order valence-corrected chi connectivity index (χ3v) is 8.07. The summed E-state index contributed by atoms with van der Waals surface area (Å²) in [7, 11) is 1.63. The first-order chi connectivity index (χ1) is 17.7. The van der Waals surface area contributed by atoms with Crippen LogP contribution in [0, 0.1) is 6.92 Å². The number of anilines is 1. The third-order valence-electron chi connectivity index (χ3n) is 6.83. The molecular formula is C29H34N4O3S. The summed E-state index contributed by atoms with van der Waals surface area (Å²) in [6.07, 6.45) is 1.99. The minimum Gasteiger partial charge on any atom is -0.497 e. The SMILES string of the molecule is COc1ccc(-n2nc(C(C)(C)C)c3c2N(CC(=O)NC2CC2)C(=O)CSC3c2ccccc2C)cc1. The molecule has 0 bridgehead atoms. The first-order valence-corrected chi connectivity index (χ1v) is 13.8. The number of benzene rings is 2. The van der Waals surface area contributed by atoms with E-state index in [-0.39, 0.29) is 40.8 Å². The average molecular weight is 519 g/mol. The normalized spacial score (nSPS) is 17.8. The van der Waals surface area contributed by atoms with Gasteiger partial charge in [0.2, 0.25) is 11.8 Å². The fraction of sp³-hybridized carbons (Fsp3) is 0.414. The van der Waals surface area contributed by atoms with Crippen LogP contribution in [0.2, 0.25) is 0 Å². The third kappa shape index (κ3) is 5.12. The number of thioether (sulfide) groups is 1. The Hall–Kier alpha value is -3.26. The molecule has 1 N–H and O–H groups in total. The molecule has 1 atom stereocenters. The number of carbonyl (C=O) groups is 2. The van der Waals surface area contributed by atoms with Crippen molar-refractivity contribution in [3.8, 4) is 11.4 Å². The maximum absolute atomic E-state index is 13.7. The van der Waals surface area contributed by atoms with Gasteiger partial charge in [0.15, 0.2) is 0 Å². The van der Waals surface area contributed by atoms with Gasteiger partial charge in [0.05, 0.1) is 29.5 Å². The van der Waals surface area contributed by atoms with Gasteiger partial charge in [0, 0.05) is 17.0 Å². The highest BCUT2D eigenvalue weighted by atomic mass is 32.2. The smallest absolute Gasteiger partial charge is 0.240 e. The number of fused-ring (bicyclic) bond motifs is 1. The van der Waals surface area contributed by atoms with Gasteiger partial charge in [0.25, 0.3) is 0 Å². The average Bonchev–Trinajstić information content (AvgIpc) is 3.61. The Balaban J connectivity index is 1.75. The van der Waals surface area contributed by atoms with Crippen molar-refractivity contribution >= 4 is 29.4 Å². The minimum atomic E-state index is -0.293. The van der Waals surface area contributed by atoms with Crippen LogP contribution in [0.4, 0.5) is 5.82 Å². The molecule has 0 saturated heterocycles. The molecule has 1 aromatic heterocycles. The summed E-state index contributed by atoms with van der Waals surface area (Å²) >= 11 is 1.61. The van der Waals surface area contributed by atoms with Crippen molar-refractivity contribution in [2.45, 2.75) is 57.2 Å². The van der Waals surface area contributed by atoms with E-state index in [1.165, 1.54) is 0 Å². The number of hydrogen-bond acceptors (Lipinski definition) is 5. The number of nitrogens with zero attached hydrogens (tertiary/aromatic N) is 3. The van der Waals surface area contributed by atoms with Crippen molar-refractivity contribution in [3.63, 3.8) is 0 Å². The fourth-order valence-electron chi connectivity index (χ4n) is 4.75. The van der Waals surface area contributed by atoms with Gasteiger partial charge in [-0.05, 0) is 55.2 Å². The molecule has 1 fully saturated rings. The second-order valence-electron chi connectivity index (χ2n) is 10.8. The Morgan fingerprint density at radius 2 is 1.84 bits per heavy atom. The number of aryl methyl sites for hydroxylation is 1. The number of nitrogens with one attached hydrogen (secondary N) is 1. The van der Waals surface area contributed by atoms with Crippen molar-refractivity contribution in [1.82, 2.24) is 15.1 Å². The molecule has 0 spiro atoms. The number of aromatic nitrogens is 2. The second kappa shape index (κ2) is 9.89. The van der Waals surface area contributed by atoms with Crippen LogP contribution in [-0.4, -0.2) is 47.0 Å². The van der Waals surface area contributed by atoms with E-state index in [0.29, 0.717) is 5.82 Å². The monoisotopic (exact) mass is 518 g/mol. The van der Waals surface area contributed by atoms with Crippen molar-refractivity contribution in [2.75, 3.05) is 24.3 Å². The first kappa shape index (κ1) is 25.4. The molecule has 2 aliphatic rings. The maximum atomic E-state index is 13.7. The molecule has 3 aromatic rings. The lowest BCUT2D eigenvalue weighted by atomic mass is 9.86. The van der Waals surface area contributed by atoms with Crippen molar-refractivity contribution in [1.29, 1.82) is 0 Å². The van der Waals surface area contributed by atoms with E-state index in [9.17, 15) is 9.59 Å². The van der Waals surface area contributed by atoms with Gasteiger partial charge in [-0.1, -0.05) is 45.0 Å². The lowest BCUT2D eigenvalue weighted by molar-refractivity contribution is -0.123. The molecule has 1 aliphatic carbocycles. The molecular weight excluding hydrogens is 484 g/mol. The second-order valence-corrected chi connectivity index (χ2v) is 11.9. The van der Waals surface area contributed by atoms with E-state index in [2.05, 4.69) is 45.1 Å². The summed E-state index contributed by atoms with van der Waals surface area (Å²) in [5.41, 5.74) is 4.75. The maximum Gasteiger partial charge on any atom is 0.240 e. The van der Waals surface area contributed by atoms with Crippen molar-refractivity contribution in [3.05, 3.63) is 70.9 Å². The number of ether oxygens (including phenoxy) is 1. The largest absolute Gasteiger partial charge is 0.497 e. The fourth-order valence-corrected chi connectivity index (χ4v) is 6.04. The van der Waals surface area contributed by atoms with Crippen LogP contribution >= 0.6 is 11.8 Å². The predicted octanol–water partition coefficient (Wildman–Crippen LogP) is 4.93. The van der Waals surface area contributed by atoms with Crippen LogP contribution < -0.4 is 15.0 Å². The molecule has 0 radical (unpaired) electrons. The van der Waals surface area contributed by atoms with Crippen LogP contribution in [0.5, 0.6) is 5.75 Å². The van der Waals surface area contributed by atoms with E-state index in [4.69, 9.17) is 9.84 Å². The van der Waals surface area contributed by atoms with Gasteiger partial charge in [-0.2, -0.15) is 5.10 Å². The number of rotatable bonds is 6. The van der Waals surface area contributed by atoms with Gasteiger partial charge < -0.3 is 10.1 Å². The van der Waals surface area contributed by atoms with Crippen LogP contribution in [0.1, 0.15) is 61.2 Å². The summed E-state index contributed by atoms with van der Waals surface area (Å²) in [5.74, 6) is 1.45. The van der Waals surface area contributed by atoms with Crippen LogP contribution in [-0.2, 0) is 15.0 Å². The molecule has 8 heteroatoms. The summed E-state index contributed by atoms with van der Waals surface area (Å²) in [4.78, 5) is 28.3. The van der Waals surface area contributed by atoms with Crippen molar-refractivity contribution in [2.24, 2.45) is 0 Å².